The number of nitrogens with zero attached hydrogens (tertiary/aromatic N) is 5. The number of pyridine rings is 1. The highest BCUT2D eigenvalue weighted by Crippen LogP contribution is 2.10. The molecule has 1 aliphatic heterocycles. The lowest BCUT2D eigenvalue weighted by atomic mass is 10.2. The van der Waals surface area contributed by atoms with Crippen LogP contribution >= 0.6 is 0 Å². The molecule has 0 aliphatic carbocycles. The maximum Gasteiger partial charge on any atom is 0.346 e. The predicted octanol–water partition coefficient (Wildman–Crippen LogP) is 1.19. The summed E-state index contributed by atoms with van der Waals surface area (Å²) in [5, 5.41) is 4.49. The summed E-state index contributed by atoms with van der Waals surface area (Å²) in [5.41, 5.74) is 1.53. The lowest BCUT2D eigenvalue weighted by Gasteiger charge is -2.19. The van der Waals surface area contributed by atoms with Gasteiger partial charge in [-0.3, -0.25) is 14.3 Å². The summed E-state index contributed by atoms with van der Waals surface area (Å²) < 4.78 is 3.19. The van der Waals surface area contributed by atoms with E-state index in [0.29, 0.717) is 38.2 Å². The second-order valence-electron chi connectivity index (χ2n) is 6.27. The Morgan fingerprint density at radius 2 is 1.77 bits per heavy atom. The minimum atomic E-state index is -0.123. The number of carbonyl (C=O) groups is 1. The van der Waals surface area contributed by atoms with Crippen LogP contribution in [0.5, 0.6) is 0 Å². The third-order valence-electron chi connectivity index (χ3n) is 4.59. The van der Waals surface area contributed by atoms with Gasteiger partial charge in [0.1, 0.15) is 5.82 Å². The fourth-order valence-corrected chi connectivity index (χ4v) is 3.20. The molecular formula is C19H19N5O2. The first-order valence-corrected chi connectivity index (χ1v) is 8.62. The van der Waals surface area contributed by atoms with Crippen LogP contribution in [0.1, 0.15) is 21.7 Å². The zero-order valence-corrected chi connectivity index (χ0v) is 14.3. The summed E-state index contributed by atoms with van der Waals surface area (Å²) in [5.74, 6) is 0.693. The topological polar surface area (TPSA) is 73.0 Å². The molecule has 26 heavy (non-hydrogen) atoms. The summed E-state index contributed by atoms with van der Waals surface area (Å²) in [7, 11) is 0. The van der Waals surface area contributed by atoms with Crippen LogP contribution in [0.3, 0.4) is 0 Å². The maximum absolute atomic E-state index is 12.7. The molecule has 0 saturated carbocycles. The van der Waals surface area contributed by atoms with Gasteiger partial charge in [-0.2, -0.15) is 5.10 Å². The van der Waals surface area contributed by atoms with Crippen molar-refractivity contribution >= 4 is 5.91 Å². The van der Waals surface area contributed by atoms with E-state index in [1.807, 2.05) is 30.3 Å². The van der Waals surface area contributed by atoms with Gasteiger partial charge in [0.2, 0.25) is 0 Å². The smallest absolute Gasteiger partial charge is 0.336 e. The third kappa shape index (κ3) is 3.15. The molecule has 0 unspecified atom stereocenters. The first kappa shape index (κ1) is 16.3. The Morgan fingerprint density at radius 3 is 2.54 bits per heavy atom. The third-order valence-corrected chi connectivity index (χ3v) is 4.59. The van der Waals surface area contributed by atoms with Crippen molar-refractivity contribution in [2.45, 2.75) is 19.5 Å². The summed E-state index contributed by atoms with van der Waals surface area (Å²) in [6.45, 7) is 1.95. The van der Waals surface area contributed by atoms with Crippen molar-refractivity contribution in [2.75, 3.05) is 13.1 Å². The Bertz CT molecular complexity index is 963. The Balaban J connectivity index is 1.51. The van der Waals surface area contributed by atoms with Crippen LogP contribution in [0, 0.1) is 0 Å². The molecule has 132 valence electrons. The first-order chi connectivity index (χ1) is 12.7. The Morgan fingerprint density at radius 1 is 1.00 bits per heavy atom. The number of fused-ring (bicyclic) bond motifs is 1. The molecule has 2 aromatic heterocycles. The average Bonchev–Trinajstić information content (AvgIpc) is 2.85. The van der Waals surface area contributed by atoms with E-state index in [0.717, 1.165) is 11.4 Å². The second kappa shape index (κ2) is 6.95. The zero-order chi connectivity index (χ0) is 17.9. The molecule has 0 bridgehead atoms. The van der Waals surface area contributed by atoms with Crippen LogP contribution in [0.2, 0.25) is 0 Å². The molecule has 7 nitrogen and oxygen atoms in total. The van der Waals surface area contributed by atoms with Gasteiger partial charge in [-0.05, 0) is 17.7 Å². The molecule has 3 aromatic rings. The molecule has 1 aliphatic rings. The van der Waals surface area contributed by atoms with Crippen LogP contribution < -0.4 is 5.69 Å². The quantitative estimate of drug-likeness (QED) is 0.712. The average molecular weight is 349 g/mol. The van der Waals surface area contributed by atoms with Gasteiger partial charge in [0.25, 0.3) is 5.91 Å². The fraction of sp³-hybridized carbons (Fsp3) is 0.263. The Kier molecular flexibility index (Phi) is 4.35. The predicted molar refractivity (Wildman–Crippen MR) is 95.9 cm³/mol. The summed E-state index contributed by atoms with van der Waals surface area (Å²) in [6, 6.07) is 13.2. The number of rotatable bonds is 3. The maximum atomic E-state index is 12.7. The lowest BCUT2D eigenvalue weighted by molar-refractivity contribution is 0.0758. The Hall–Kier alpha value is -3.22. The zero-order valence-electron chi connectivity index (χ0n) is 14.3. The van der Waals surface area contributed by atoms with E-state index >= 15 is 0 Å². The normalized spacial score (nSPS) is 13.9. The molecular weight excluding hydrogens is 330 g/mol. The highest BCUT2D eigenvalue weighted by atomic mass is 16.2. The van der Waals surface area contributed by atoms with Crippen molar-refractivity contribution in [2.24, 2.45) is 0 Å². The fourth-order valence-electron chi connectivity index (χ4n) is 3.20. The molecule has 7 heteroatoms. The van der Waals surface area contributed by atoms with E-state index in [4.69, 9.17) is 0 Å². The number of amides is 1. The van der Waals surface area contributed by atoms with Crippen LogP contribution in [0.25, 0.3) is 0 Å². The highest BCUT2D eigenvalue weighted by molar-refractivity contribution is 5.94. The van der Waals surface area contributed by atoms with Crippen molar-refractivity contribution in [3.8, 4) is 0 Å². The van der Waals surface area contributed by atoms with Gasteiger partial charge in [-0.15, -0.1) is 0 Å². The van der Waals surface area contributed by atoms with Crippen LogP contribution in [-0.4, -0.2) is 43.2 Å². The number of benzene rings is 1. The molecule has 1 amide bonds. The summed E-state index contributed by atoms with van der Waals surface area (Å²) in [4.78, 5) is 31.0. The van der Waals surface area contributed by atoms with E-state index in [9.17, 15) is 9.59 Å². The molecule has 0 N–H and O–H groups in total. The van der Waals surface area contributed by atoms with Crippen LogP contribution in [-0.2, 0) is 19.5 Å². The van der Waals surface area contributed by atoms with E-state index < -0.39 is 0 Å². The number of aromatic nitrogens is 4. The van der Waals surface area contributed by atoms with Crippen molar-refractivity contribution in [3.05, 3.63) is 82.3 Å². The molecule has 0 radical (unpaired) electrons. The van der Waals surface area contributed by atoms with Gasteiger partial charge in [0, 0.05) is 44.0 Å². The van der Waals surface area contributed by atoms with Crippen molar-refractivity contribution in [3.63, 3.8) is 0 Å². The van der Waals surface area contributed by atoms with E-state index in [1.165, 1.54) is 4.68 Å². The van der Waals surface area contributed by atoms with Crippen molar-refractivity contribution in [1.29, 1.82) is 0 Å². The highest BCUT2D eigenvalue weighted by Gasteiger charge is 2.23. The van der Waals surface area contributed by atoms with Crippen molar-refractivity contribution < 1.29 is 4.79 Å². The van der Waals surface area contributed by atoms with Gasteiger partial charge >= 0.3 is 5.69 Å². The van der Waals surface area contributed by atoms with Gasteiger partial charge in [0.15, 0.2) is 0 Å². The lowest BCUT2D eigenvalue weighted by Crippen LogP contribution is -2.35. The summed E-state index contributed by atoms with van der Waals surface area (Å²) >= 11 is 0. The standard InChI is InChI=1S/C19H19N5O2/c25-18(16-6-9-20-10-7-16)22-11-8-17-21-24(19(26)23(17)13-12-22)14-15-4-2-1-3-5-15/h1-7,9-10H,8,11-14H2. The second-order valence-corrected chi connectivity index (χ2v) is 6.27. The van der Waals surface area contributed by atoms with Gasteiger partial charge in [0.05, 0.1) is 6.54 Å². The van der Waals surface area contributed by atoms with Gasteiger partial charge in [-0.25, -0.2) is 9.48 Å². The van der Waals surface area contributed by atoms with Gasteiger partial charge < -0.3 is 4.90 Å². The summed E-state index contributed by atoms with van der Waals surface area (Å²) in [6.07, 6.45) is 3.78. The molecule has 0 atom stereocenters. The molecule has 0 saturated heterocycles. The van der Waals surface area contributed by atoms with E-state index in [2.05, 4.69) is 10.1 Å². The van der Waals surface area contributed by atoms with E-state index in [-0.39, 0.29) is 11.6 Å². The number of hydrogen-bond acceptors (Lipinski definition) is 4. The SMILES string of the molecule is O=C(c1ccncc1)N1CCc2nn(Cc3ccccc3)c(=O)n2CC1. The number of carbonyl (C=O) groups excluding carboxylic acids is 1. The Labute approximate surface area is 150 Å². The molecule has 4 rings (SSSR count). The minimum Gasteiger partial charge on any atom is -0.336 e. The first-order valence-electron chi connectivity index (χ1n) is 8.62. The molecule has 0 spiro atoms. The van der Waals surface area contributed by atoms with E-state index in [1.54, 1.807) is 34.0 Å². The number of hydrogen-bond donors (Lipinski definition) is 0. The minimum absolute atomic E-state index is 0.0391. The largest absolute Gasteiger partial charge is 0.346 e. The van der Waals surface area contributed by atoms with Crippen LogP contribution in [0.15, 0.2) is 59.7 Å². The van der Waals surface area contributed by atoms with Crippen LogP contribution in [0.4, 0.5) is 0 Å². The molecule has 1 aromatic carbocycles. The van der Waals surface area contributed by atoms with Crippen molar-refractivity contribution in [1.82, 2.24) is 24.2 Å². The van der Waals surface area contributed by atoms with Gasteiger partial charge in [-0.1, -0.05) is 30.3 Å². The molecule has 3 heterocycles. The monoisotopic (exact) mass is 349 g/mol. The molecule has 0 fully saturated rings.